The first-order valence-electron chi connectivity index (χ1n) is 9.49. The molecule has 3 amide bonds. The summed E-state index contributed by atoms with van der Waals surface area (Å²) in [5.74, 6) is -0.411. The average molecular weight is 397 g/mol. The van der Waals surface area contributed by atoms with E-state index in [1.165, 1.54) is 12.0 Å². The van der Waals surface area contributed by atoms with Crippen LogP contribution in [0.25, 0.3) is 0 Å². The second-order valence-electron chi connectivity index (χ2n) is 6.65. The van der Waals surface area contributed by atoms with Gasteiger partial charge in [-0.05, 0) is 43.7 Å². The largest absolute Gasteiger partial charge is 0.497 e. The van der Waals surface area contributed by atoms with Gasteiger partial charge in [-0.15, -0.1) is 0 Å². The highest BCUT2D eigenvalue weighted by molar-refractivity contribution is 5.98. The van der Waals surface area contributed by atoms with E-state index < -0.39 is 5.91 Å². The molecular weight excluding hydrogens is 370 g/mol. The van der Waals surface area contributed by atoms with Crippen molar-refractivity contribution in [2.75, 3.05) is 32.1 Å². The van der Waals surface area contributed by atoms with Crippen LogP contribution in [0.3, 0.4) is 0 Å². The minimum atomic E-state index is -0.395. The maximum Gasteiger partial charge on any atom is 0.254 e. The number of benzene rings is 2. The lowest BCUT2D eigenvalue weighted by molar-refractivity contribution is -0.124. The molecule has 0 saturated carbocycles. The zero-order chi connectivity index (χ0) is 21.2. The van der Waals surface area contributed by atoms with Crippen molar-refractivity contribution in [1.82, 2.24) is 10.2 Å². The Hall–Kier alpha value is -3.35. The molecule has 7 nitrogen and oxygen atoms in total. The molecule has 0 heterocycles. The highest BCUT2D eigenvalue weighted by Crippen LogP contribution is 2.14. The molecule has 0 radical (unpaired) electrons. The van der Waals surface area contributed by atoms with Gasteiger partial charge >= 0.3 is 0 Å². The third-order valence-electron chi connectivity index (χ3n) is 4.21. The van der Waals surface area contributed by atoms with Crippen LogP contribution in [0.15, 0.2) is 48.5 Å². The Morgan fingerprint density at radius 1 is 1.03 bits per heavy atom. The molecule has 0 unspecified atom stereocenters. The Morgan fingerprint density at radius 2 is 1.76 bits per heavy atom. The number of carbonyl (C=O) groups is 3. The third kappa shape index (κ3) is 6.95. The van der Waals surface area contributed by atoms with Crippen molar-refractivity contribution < 1.29 is 19.1 Å². The van der Waals surface area contributed by atoms with Crippen molar-refractivity contribution in [3.05, 3.63) is 59.7 Å². The van der Waals surface area contributed by atoms with Crippen LogP contribution in [0.4, 0.5) is 5.69 Å². The maximum atomic E-state index is 12.8. The van der Waals surface area contributed by atoms with E-state index in [2.05, 4.69) is 10.6 Å². The van der Waals surface area contributed by atoms with Crippen LogP contribution in [0.5, 0.6) is 5.75 Å². The van der Waals surface area contributed by atoms with E-state index >= 15 is 0 Å². The molecule has 0 bridgehead atoms. The number of amides is 3. The van der Waals surface area contributed by atoms with Gasteiger partial charge in [0.2, 0.25) is 11.8 Å². The molecule has 2 N–H and O–H groups in total. The fourth-order valence-corrected chi connectivity index (χ4v) is 2.71. The van der Waals surface area contributed by atoms with Gasteiger partial charge < -0.3 is 20.3 Å². The molecule has 29 heavy (non-hydrogen) atoms. The second-order valence-corrected chi connectivity index (χ2v) is 6.65. The Morgan fingerprint density at radius 3 is 2.41 bits per heavy atom. The molecular formula is C22H27N3O4. The van der Waals surface area contributed by atoms with Gasteiger partial charge in [0.15, 0.2) is 0 Å². The minimum Gasteiger partial charge on any atom is -0.497 e. The number of nitrogens with one attached hydrogen (secondary N) is 2. The highest BCUT2D eigenvalue weighted by Gasteiger charge is 2.19. The summed E-state index contributed by atoms with van der Waals surface area (Å²) < 4.78 is 5.15. The average Bonchev–Trinajstić information content (AvgIpc) is 2.73. The van der Waals surface area contributed by atoms with Crippen molar-refractivity contribution in [2.45, 2.75) is 20.3 Å². The third-order valence-corrected chi connectivity index (χ3v) is 4.21. The van der Waals surface area contributed by atoms with E-state index in [0.717, 1.165) is 5.56 Å². The van der Waals surface area contributed by atoms with Crippen molar-refractivity contribution in [1.29, 1.82) is 0 Å². The van der Waals surface area contributed by atoms with Gasteiger partial charge in [0.1, 0.15) is 5.75 Å². The zero-order valence-electron chi connectivity index (χ0n) is 17.0. The standard InChI is InChI=1S/C22H27N3O4/c1-4-12-25(22(28)17-6-5-7-19(13-17)29-3)15-21(27)23-14-20(26)24-18-10-8-16(2)9-11-18/h5-11,13H,4,12,14-15H2,1-3H3,(H,23,27)(H,24,26). The SMILES string of the molecule is CCCN(CC(=O)NCC(=O)Nc1ccc(C)cc1)C(=O)c1cccc(OC)c1. The van der Waals surface area contributed by atoms with Gasteiger partial charge in [-0.25, -0.2) is 0 Å². The van der Waals surface area contributed by atoms with Gasteiger partial charge in [0.25, 0.3) is 5.91 Å². The second kappa shape index (κ2) is 10.8. The number of rotatable bonds is 9. The molecule has 2 rings (SSSR count). The van der Waals surface area contributed by atoms with E-state index in [4.69, 9.17) is 4.74 Å². The summed E-state index contributed by atoms with van der Waals surface area (Å²) in [7, 11) is 1.53. The molecule has 0 aromatic heterocycles. The maximum absolute atomic E-state index is 12.8. The summed E-state index contributed by atoms with van der Waals surface area (Å²) in [6.07, 6.45) is 0.705. The zero-order valence-corrected chi connectivity index (χ0v) is 17.0. The Balaban J connectivity index is 1.90. The fraction of sp³-hybridized carbons (Fsp3) is 0.318. The van der Waals surface area contributed by atoms with Gasteiger partial charge in [-0.1, -0.05) is 30.7 Å². The number of ether oxygens (including phenoxy) is 1. The molecule has 2 aromatic rings. The van der Waals surface area contributed by atoms with E-state index in [-0.39, 0.29) is 24.9 Å². The van der Waals surface area contributed by atoms with Gasteiger partial charge in [-0.2, -0.15) is 0 Å². The number of nitrogens with zero attached hydrogens (tertiary/aromatic N) is 1. The molecule has 0 spiro atoms. The summed E-state index contributed by atoms with van der Waals surface area (Å²) in [5.41, 5.74) is 2.20. The van der Waals surface area contributed by atoms with Crippen molar-refractivity contribution in [2.24, 2.45) is 0 Å². The number of anilines is 1. The monoisotopic (exact) mass is 397 g/mol. The Bertz CT molecular complexity index is 849. The van der Waals surface area contributed by atoms with Gasteiger partial charge in [0, 0.05) is 17.8 Å². The van der Waals surface area contributed by atoms with Crippen LogP contribution >= 0.6 is 0 Å². The summed E-state index contributed by atoms with van der Waals surface area (Å²) >= 11 is 0. The summed E-state index contributed by atoms with van der Waals surface area (Å²) in [6.45, 7) is 4.03. The molecule has 154 valence electrons. The molecule has 0 saturated heterocycles. The molecule has 0 aliphatic rings. The first-order chi connectivity index (χ1) is 13.9. The van der Waals surface area contributed by atoms with Crippen LogP contribution in [0, 0.1) is 6.92 Å². The quantitative estimate of drug-likeness (QED) is 0.681. The predicted octanol–water partition coefficient (Wildman–Crippen LogP) is 2.61. The van der Waals surface area contributed by atoms with E-state index in [0.29, 0.717) is 30.0 Å². The lowest BCUT2D eigenvalue weighted by Crippen LogP contribution is -2.43. The Labute approximate surface area is 171 Å². The summed E-state index contributed by atoms with van der Waals surface area (Å²) in [5, 5.41) is 5.28. The number of hydrogen-bond donors (Lipinski definition) is 2. The number of aryl methyl sites for hydroxylation is 1. The van der Waals surface area contributed by atoms with E-state index in [9.17, 15) is 14.4 Å². The van der Waals surface area contributed by atoms with Crippen LogP contribution in [-0.2, 0) is 9.59 Å². The van der Waals surface area contributed by atoms with Crippen LogP contribution in [-0.4, -0.2) is 49.4 Å². The summed E-state index contributed by atoms with van der Waals surface area (Å²) in [6, 6.07) is 14.2. The van der Waals surface area contributed by atoms with Gasteiger partial charge in [0.05, 0.1) is 20.2 Å². The number of methoxy groups -OCH3 is 1. The van der Waals surface area contributed by atoms with E-state index in [1.807, 2.05) is 26.0 Å². The topological polar surface area (TPSA) is 87.7 Å². The van der Waals surface area contributed by atoms with Crippen molar-refractivity contribution >= 4 is 23.4 Å². The lowest BCUT2D eigenvalue weighted by atomic mass is 10.2. The van der Waals surface area contributed by atoms with Crippen LogP contribution < -0.4 is 15.4 Å². The van der Waals surface area contributed by atoms with E-state index in [1.54, 1.807) is 36.4 Å². The first-order valence-corrected chi connectivity index (χ1v) is 9.49. The smallest absolute Gasteiger partial charge is 0.254 e. The van der Waals surface area contributed by atoms with Crippen molar-refractivity contribution in [3.8, 4) is 5.75 Å². The highest BCUT2D eigenvalue weighted by atomic mass is 16.5. The van der Waals surface area contributed by atoms with Gasteiger partial charge in [-0.3, -0.25) is 14.4 Å². The first kappa shape index (κ1) is 21.9. The Kier molecular flexibility index (Phi) is 8.21. The number of hydrogen-bond acceptors (Lipinski definition) is 4. The molecule has 2 aromatic carbocycles. The molecule has 0 aliphatic carbocycles. The van der Waals surface area contributed by atoms with Crippen LogP contribution in [0.1, 0.15) is 29.3 Å². The summed E-state index contributed by atoms with van der Waals surface area (Å²) in [4.78, 5) is 38.5. The number of carbonyl (C=O) groups excluding carboxylic acids is 3. The molecule has 0 aliphatic heterocycles. The van der Waals surface area contributed by atoms with Crippen LogP contribution in [0.2, 0.25) is 0 Å². The molecule has 7 heteroatoms. The normalized spacial score (nSPS) is 10.2. The minimum absolute atomic E-state index is 0.123. The molecule has 0 atom stereocenters. The fourth-order valence-electron chi connectivity index (χ4n) is 2.71. The lowest BCUT2D eigenvalue weighted by Gasteiger charge is -2.22. The van der Waals surface area contributed by atoms with Crippen molar-refractivity contribution in [3.63, 3.8) is 0 Å². The molecule has 0 fully saturated rings. The predicted molar refractivity (Wildman–Crippen MR) is 112 cm³/mol.